The van der Waals surface area contributed by atoms with E-state index < -0.39 is 23.6 Å². The van der Waals surface area contributed by atoms with Crippen LogP contribution in [0.15, 0.2) is 41.3 Å². The summed E-state index contributed by atoms with van der Waals surface area (Å²) >= 11 is 0. The summed E-state index contributed by atoms with van der Waals surface area (Å²) in [6.07, 6.45) is 0. The Hall–Kier alpha value is -1.87. The molecule has 0 aromatic heterocycles. The predicted octanol–water partition coefficient (Wildman–Crippen LogP) is -0.0473. The molecule has 1 aliphatic rings. The molecule has 23 heavy (non-hydrogen) atoms. The van der Waals surface area contributed by atoms with Gasteiger partial charge in [-0.3, -0.25) is 0 Å². The van der Waals surface area contributed by atoms with Gasteiger partial charge in [-0.15, -0.1) is 0 Å². The lowest BCUT2D eigenvalue weighted by Gasteiger charge is -2.11. The maximum atomic E-state index is 12.6. The Balaban J connectivity index is 1.95. The summed E-state index contributed by atoms with van der Waals surface area (Å²) in [5.41, 5.74) is 8.29. The van der Waals surface area contributed by atoms with E-state index in [-0.39, 0.29) is 16.2 Å². The van der Waals surface area contributed by atoms with Crippen molar-refractivity contribution in [3.05, 3.63) is 53.1 Å². The van der Waals surface area contributed by atoms with Crippen LogP contribution in [0.25, 0.3) is 0 Å². The number of benzene rings is 2. The van der Waals surface area contributed by atoms with Gasteiger partial charge in [-0.1, -0.05) is 18.2 Å². The molecule has 0 unspecified atom stereocenters. The summed E-state index contributed by atoms with van der Waals surface area (Å²) in [4.78, 5) is 0.0616. The van der Waals surface area contributed by atoms with Gasteiger partial charge in [0, 0.05) is 5.69 Å². The van der Waals surface area contributed by atoms with Crippen molar-refractivity contribution in [2.45, 2.75) is 23.9 Å². The first-order valence-electron chi connectivity index (χ1n) is 7.04. The molecule has 0 radical (unpaired) electrons. The minimum absolute atomic E-state index is 0.0616. The smallest absolute Gasteiger partial charge is 0.423 e. The molecule has 1 heterocycles. The first kappa shape index (κ1) is 16.0. The number of hydrogen-bond donors (Lipinski definition) is 3. The van der Waals surface area contributed by atoms with E-state index in [2.05, 4.69) is 0 Å². The number of aliphatic hydroxyl groups is 1. The highest BCUT2D eigenvalue weighted by Gasteiger charge is 2.28. The predicted molar refractivity (Wildman–Crippen MR) is 86.5 cm³/mol. The van der Waals surface area contributed by atoms with E-state index >= 15 is 0 Å². The van der Waals surface area contributed by atoms with Crippen molar-refractivity contribution in [2.24, 2.45) is 0 Å². The fraction of sp³-hybridized carbons (Fsp3) is 0.200. The van der Waals surface area contributed by atoms with Crippen LogP contribution < -0.4 is 11.2 Å². The Morgan fingerprint density at radius 2 is 2.00 bits per heavy atom. The lowest BCUT2D eigenvalue weighted by atomic mass is 9.79. The van der Waals surface area contributed by atoms with Crippen LogP contribution in [0.1, 0.15) is 16.7 Å². The number of hydrogen-bond acceptors (Lipinski definition) is 6. The van der Waals surface area contributed by atoms with Crippen molar-refractivity contribution >= 4 is 28.1 Å². The molecule has 0 amide bonds. The number of nitrogens with two attached hydrogens (primary N) is 1. The molecule has 2 aromatic carbocycles. The Bertz CT molecular complexity index is 853. The largest absolute Gasteiger partial charge is 0.491 e. The van der Waals surface area contributed by atoms with Gasteiger partial charge in [0.25, 0.3) is 0 Å². The lowest BCUT2D eigenvalue weighted by molar-refractivity contribution is 0.275. The van der Waals surface area contributed by atoms with Gasteiger partial charge in [-0.25, -0.2) is 8.42 Å². The molecule has 0 bridgehead atoms. The van der Waals surface area contributed by atoms with E-state index in [4.69, 9.17) is 10.4 Å². The van der Waals surface area contributed by atoms with Crippen molar-refractivity contribution in [1.29, 1.82) is 0 Å². The Morgan fingerprint density at radius 1 is 1.22 bits per heavy atom. The Morgan fingerprint density at radius 3 is 2.74 bits per heavy atom. The normalized spacial score (nSPS) is 14.1. The van der Waals surface area contributed by atoms with Gasteiger partial charge in [-0.2, -0.15) is 0 Å². The van der Waals surface area contributed by atoms with Crippen LogP contribution in [0.5, 0.6) is 0 Å². The van der Waals surface area contributed by atoms with Gasteiger partial charge in [0.1, 0.15) is 0 Å². The van der Waals surface area contributed by atoms with Crippen LogP contribution in [0, 0.1) is 0 Å². The molecule has 0 spiro atoms. The standard InChI is InChI=1S/C15H16BNO5S/c17-13-3-4-15(12(6-13)7-18)23(20,21)9-10-1-2-11-8-22-16(19)14(11)5-10/h1-6,18-19H,7-9,17H2. The van der Waals surface area contributed by atoms with Crippen LogP contribution in [0.3, 0.4) is 0 Å². The highest BCUT2D eigenvalue weighted by Crippen LogP contribution is 2.23. The summed E-state index contributed by atoms with van der Waals surface area (Å²) in [6.45, 7) is -0.0908. The molecular formula is C15H16BNO5S. The molecule has 0 saturated heterocycles. The number of sulfone groups is 1. The number of rotatable bonds is 4. The molecule has 3 rings (SSSR count). The second-order valence-electron chi connectivity index (χ2n) is 5.48. The van der Waals surface area contributed by atoms with Gasteiger partial charge in [0.05, 0.1) is 23.9 Å². The molecule has 0 aliphatic carbocycles. The van der Waals surface area contributed by atoms with Crippen LogP contribution in [-0.4, -0.2) is 25.7 Å². The average Bonchev–Trinajstić information content (AvgIpc) is 2.87. The molecule has 4 N–H and O–H groups in total. The van der Waals surface area contributed by atoms with E-state index in [1.165, 1.54) is 18.2 Å². The summed E-state index contributed by atoms with van der Waals surface area (Å²) in [5, 5.41) is 19.1. The van der Waals surface area contributed by atoms with E-state index in [1.54, 1.807) is 18.2 Å². The molecule has 0 fully saturated rings. The van der Waals surface area contributed by atoms with Crippen molar-refractivity contribution in [3.63, 3.8) is 0 Å². The number of fused-ring (bicyclic) bond motifs is 1. The molecule has 120 valence electrons. The van der Waals surface area contributed by atoms with Crippen molar-refractivity contribution < 1.29 is 23.2 Å². The third-order valence-corrected chi connectivity index (χ3v) is 5.60. The molecule has 0 atom stereocenters. The van der Waals surface area contributed by atoms with E-state index in [0.717, 1.165) is 5.56 Å². The number of nitrogen functional groups attached to an aromatic ring is 1. The minimum atomic E-state index is -3.65. The van der Waals surface area contributed by atoms with Crippen molar-refractivity contribution in [3.8, 4) is 0 Å². The highest BCUT2D eigenvalue weighted by atomic mass is 32.2. The zero-order valence-electron chi connectivity index (χ0n) is 12.3. The number of aliphatic hydroxyl groups excluding tert-OH is 1. The first-order chi connectivity index (χ1) is 10.9. The molecule has 0 saturated carbocycles. The van der Waals surface area contributed by atoms with E-state index in [9.17, 15) is 18.5 Å². The molecule has 2 aromatic rings. The van der Waals surface area contributed by atoms with Crippen LogP contribution >= 0.6 is 0 Å². The average molecular weight is 333 g/mol. The highest BCUT2D eigenvalue weighted by molar-refractivity contribution is 7.90. The summed E-state index contributed by atoms with van der Waals surface area (Å²) in [5.74, 6) is -0.232. The van der Waals surface area contributed by atoms with Gasteiger partial charge in [-0.05, 0) is 40.4 Å². The van der Waals surface area contributed by atoms with Gasteiger partial charge in [0.2, 0.25) is 0 Å². The van der Waals surface area contributed by atoms with Gasteiger partial charge < -0.3 is 20.5 Å². The third kappa shape index (κ3) is 3.11. The zero-order chi connectivity index (χ0) is 16.6. The molecular weight excluding hydrogens is 317 g/mol. The van der Waals surface area contributed by atoms with Crippen LogP contribution in [-0.2, 0) is 33.5 Å². The number of anilines is 1. The second-order valence-corrected chi connectivity index (χ2v) is 7.44. The topological polar surface area (TPSA) is 110 Å². The SMILES string of the molecule is Nc1ccc(S(=O)(=O)Cc2ccc3c(c2)B(O)OC3)c(CO)c1. The van der Waals surface area contributed by atoms with Crippen LogP contribution in [0.4, 0.5) is 5.69 Å². The monoisotopic (exact) mass is 333 g/mol. The van der Waals surface area contributed by atoms with E-state index in [1.807, 2.05) is 0 Å². The zero-order valence-corrected chi connectivity index (χ0v) is 13.1. The quantitative estimate of drug-likeness (QED) is 0.535. The fourth-order valence-electron chi connectivity index (χ4n) is 2.68. The summed E-state index contributed by atoms with van der Waals surface area (Å²) < 4.78 is 30.4. The van der Waals surface area contributed by atoms with Crippen molar-refractivity contribution in [1.82, 2.24) is 0 Å². The van der Waals surface area contributed by atoms with E-state index in [0.29, 0.717) is 23.3 Å². The minimum Gasteiger partial charge on any atom is -0.423 e. The molecule has 1 aliphatic heterocycles. The Kier molecular flexibility index (Phi) is 4.16. The third-order valence-electron chi connectivity index (χ3n) is 3.82. The summed E-state index contributed by atoms with van der Waals surface area (Å²) in [6, 6.07) is 9.45. The maximum absolute atomic E-state index is 12.6. The van der Waals surface area contributed by atoms with Crippen LogP contribution in [0.2, 0.25) is 0 Å². The van der Waals surface area contributed by atoms with Crippen molar-refractivity contribution in [2.75, 3.05) is 5.73 Å². The Labute approximate surface area is 134 Å². The van der Waals surface area contributed by atoms with Gasteiger partial charge >= 0.3 is 7.12 Å². The molecule has 8 heteroatoms. The summed E-state index contributed by atoms with van der Waals surface area (Å²) in [7, 11) is -4.66. The lowest BCUT2D eigenvalue weighted by Crippen LogP contribution is -2.28. The first-order valence-corrected chi connectivity index (χ1v) is 8.69. The molecule has 6 nitrogen and oxygen atoms in total. The second kappa shape index (κ2) is 5.97. The fourth-order valence-corrected chi connectivity index (χ4v) is 4.25. The van der Waals surface area contributed by atoms with Gasteiger partial charge in [0.15, 0.2) is 9.84 Å². The maximum Gasteiger partial charge on any atom is 0.491 e.